The van der Waals surface area contributed by atoms with Gasteiger partial charge < -0.3 is 5.32 Å². The van der Waals surface area contributed by atoms with Crippen molar-refractivity contribution >= 4 is 24.8 Å². The van der Waals surface area contributed by atoms with Crippen LogP contribution in [0.15, 0.2) is 16.4 Å². The lowest BCUT2D eigenvalue weighted by molar-refractivity contribution is 0.430. The molecule has 0 aromatic carbocycles. The monoisotopic (exact) mass is 350 g/mol. The molecule has 1 aliphatic heterocycles. The van der Waals surface area contributed by atoms with Crippen LogP contribution in [0, 0.1) is 0 Å². The molecule has 0 spiro atoms. The lowest BCUT2D eigenvalue weighted by Gasteiger charge is -2.21. The van der Waals surface area contributed by atoms with Gasteiger partial charge in [0.05, 0.1) is 0 Å². The van der Waals surface area contributed by atoms with Crippen molar-refractivity contribution in [1.82, 2.24) is 19.7 Å². The maximum absolute atomic E-state index is 12.4. The van der Waals surface area contributed by atoms with Crippen molar-refractivity contribution in [2.24, 2.45) is 0 Å². The highest BCUT2D eigenvalue weighted by atomic mass is 35.5. The van der Waals surface area contributed by atoms with E-state index >= 15 is 0 Å². The molecule has 1 aromatic heterocycles. The highest BCUT2D eigenvalue weighted by molar-refractivity contribution is 5.85. The highest BCUT2D eigenvalue weighted by Gasteiger charge is 2.22. The average molecular weight is 351 g/mol. The van der Waals surface area contributed by atoms with Gasteiger partial charge >= 0.3 is 5.69 Å². The maximum atomic E-state index is 12.4. The summed E-state index contributed by atoms with van der Waals surface area (Å²) in [5.74, 6) is 1.34. The summed E-state index contributed by atoms with van der Waals surface area (Å²) in [6, 6.07) is 0. The van der Waals surface area contributed by atoms with E-state index in [1.54, 1.807) is 4.68 Å². The van der Waals surface area contributed by atoms with E-state index < -0.39 is 0 Å². The van der Waals surface area contributed by atoms with E-state index in [1.165, 1.54) is 5.57 Å². The van der Waals surface area contributed by atoms with E-state index in [4.69, 9.17) is 0 Å². The maximum Gasteiger partial charge on any atom is 0.345 e. The molecule has 5 nitrogen and oxygen atoms in total. The Hall–Kier alpha value is -0.780. The first kappa shape index (κ1) is 21.2. The zero-order valence-electron chi connectivity index (χ0n) is 13.7. The van der Waals surface area contributed by atoms with Crippen LogP contribution in [0.25, 0.3) is 0 Å². The third-order valence-corrected chi connectivity index (χ3v) is 3.82. The summed E-state index contributed by atoms with van der Waals surface area (Å²) in [7, 11) is 0. The molecule has 2 heterocycles. The molecule has 128 valence electrons. The predicted molar refractivity (Wildman–Crippen MR) is 95.5 cm³/mol. The second-order valence-corrected chi connectivity index (χ2v) is 5.72. The molecule has 0 amide bonds. The van der Waals surface area contributed by atoms with Gasteiger partial charge in [0.15, 0.2) is 0 Å². The standard InChI is InChI=1S/C15H26N4O.2ClH/c1-4-18-14(13-8-5-9-16-11-13)17-19(15(18)20)10-6-7-12(2)3;;/h7,13,16H,4-6,8-11H2,1-3H3;2*1H. The lowest BCUT2D eigenvalue weighted by Crippen LogP contribution is -2.31. The molecule has 1 saturated heterocycles. The van der Waals surface area contributed by atoms with Crippen molar-refractivity contribution < 1.29 is 0 Å². The fourth-order valence-electron chi connectivity index (χ4n) is 2.75. The smallest absolute Gasteiger partial charge is 0.316 e. The molecular formula is C15H28Cl2N4O. The normalized spacial score (nSPS) is 17.3. The van der Waals surface area contributed by atoms with E-state index in [1.807, 2.05) is 11.5 Å². The number of allylic oxidation sites excluding steroid dienone is 2. The number of aryl methyl sites for hydroxylation is 1. The van der Waals surface area contributed by atoms with Gasteiger partial charge in [-0.05, 0) is 46.6 Å². The lowest BCUT2D eigenvalue weighted by atomic mass is 9.99. The van der Waals surface area contributed by atoms with Gasteiger partial charge in [-0.2, -0.15) is 5.10 Å². The minimum atomic E-state index is 0. The number of rotatable bonds is 5. The molecule has 1 fully saturated rings. The Balaban J connectivity index is 0.00000220. The van der Waals surface area contributed by atoms with Crippen molar-refractivity contribution in [2.45, 2.75) is 59.0 Å². The van der Waals surface area contributed by atoms with Crippen LogP contribution in [0.5, 0.6) is 0 Å². The van der Waals surface area contributed by atoms with Crippen LogP contribution in [0.2, 0.25) is 0 Å². The van der Waals surface area contributed by atoms with E-state index in [2.05, 4.69) is 30.3 Å². The predicted octanol–water partition coefficient (Wildman–Crippen LogP) is 2.73. The molecule has 0 radical (unpaired) electrons. The molecule has 0 bridgehead atoms. The molecular weight excluding hydrogens is 323 g/mol. The van der Waals surface area contributed by atoms with Crippen molar-refractivity contribution in [3.63, 3.8) is 0 Å². The van der Waals surface area contributed by atoms with E-state index in [0.29, 0.717) is 19.0 Å². The Morgan fingerprint density at radius 1 is 1.41 bits per heavy atom. The summed E-state index contributed by atoms with van der Waals surface area (Å²) in [4.78, 5) is 12.4. The van der Waals surface area contributed by atoms with Gasteiger partial charge in [-0.15, -0.1) is 24.8 Å². The molecule has 1 unspecified atom stereocenters. The fourth-order valence-corrected chi connectivity index (χ4v) is 2.75. The molecule has 2 rings (SSSR count). The van der Waals surface area contributed by atoms with Gasteiger partial charge in [-0.3, -0.25) is 4.57 Å². The minimum Gasteiger partial charge on any atom is -0.316 e. The first-order chi connectivity index (χ1) is 9.63. The molecule has 1 atom stereocenters. The van der Waals surface area contributed by atoms with Gasteiger partial charge in [0.2, 0.25) is 0 Å². The molecule has 1 aromatic rings. The van der Waals surface area contributed by atoms with Crippen LogP contribution < -0.4 is 11.0 Å². The zero-order chi connectivity index (χ0) is 14.5. The number of halogens is 2. The van der Waals surface area contributed by atoms with Crippen molar-refractivity contribution in [1.29, 1.82) is 0 Å². The van der Waals surface area contributed by atoms with E-state index in [0.717, 1.165) is 38.2 Å². The van der Waals surface area contributed by atoms with Crippen molar-refractivity contribution in [2.75, 3.05) is 13.1 Å². The van der Waals surface area contributed by atoms with Crippen molar-refractivity contribution in [3.05, 3.63) is 28.0 Å². The van der Waals surface area contributed by atoms with E-state index in [9.17, 15) is 4.79 Å². The van der Waals surface area contributed by atoms with Gasteiger partial charge in [-0.25, -0.2) is 9.48 Å². The fraction of sp³-hybridized carbons (Fsp3) is 0.733. The minimum absolute atomic E-state index is 0. The molecule has 0 saturated carbocycles. The van der Waals surface area contributed by atoms with Crippen LogP contribution in [0.1, 0.15) is 51.8 Å². The van der Waals surface area contributed by atoms with Gasteiger partial charge in [-0.1, -0.05) is 11.6 Å². The summed E-state index contributed by atoms with van der Waals surface area (Å²) in [6.07, 6.45) is 5.30. The SMILES string of the molecule is CCn1c(C2CCCNC2)nn(CCC=C(C)C)c1=O.Cl.Cl. The van der Waals surface area contributed by atoms with Crippen LogP contribution in [-0.2, 0) is 13.1 Å². The third kappa shape index (κ3) is 5.14. The Labute approximate surface area is 145 Å². The number of hydrogen-bond acceptors (Lipinski definition) is 3. The topological polar surface area (TPSA) is 51.9 Å². The summed E-state index contributed by atoms with van der Waals surface area (Å²) in [5.41, 5.74) is 1.32. The van der Waals surface area contributed by atoms with Crippen LogP contribution >= 0.6 is 24.8 Å². The molecule has 1 N–H and O–H groups in total. The summed E-state index contributed by atoms with van der Waals surface area (Å²) in [6.45, 7) is 9.55. The largest absolute Gasteiger partial charge is 0.345 e. The second kappa shape index (κ2) is 10.1. The number of hydrogen-bond donors (Lipinski definition) is 1. The summed E-state index contributed by atoms with van der Waals surface area (Å²) >= 11 is 0. The Kier molecular flexibility index (Phi) is 9.72. The van der Waals surface area contributed by atoms with Crippen LogP contribution in [-0.4, -0.2) is 27.4 Å². The first-order valence-corrected chi connectivity index (χ1v) is 7.65. The highest BCUT2D eigenvalue weighted by Crippen LogP contribution is 2.20. The quantitative estimate of drug-likeness (QED) is 0.830. The molecule has 22 heavy (non-hydrogen) atoms. The van der Waals surface area contributed by atoms with E-state index in [-0.39, 0.29) is 30.5 Å². The zero-order valence-corrected chi connectivity index (χ0v) is 15.3. The Morgan fingerprint density at radius 3 is 2.68 bits per heavy atom. The number of nitrogens with zero attached hydrogens (tertiary/aromatic N) is 3. The number of piperidine rings is 1. The Morgan fingerprint density at radius 2 is 2.14 bits per heavy atom. The van der Waals surface area contributed by atoms with Crippen LogP contribution in [0.3, 0.4) is 0 Å². The first-order valence-electron chi connectivity index (χ1n) is 7.65. The molecule has 7 heteroatoms. The number of nitrogens with one attached hydrogen (secondary N) is 1. The third-order valence-electron chi connectivity index (χ3n) is 3.82. The average Bonchev–Trinajstić information content (AvgIpc) is 2.76. The molecule has 1 aliphatic rings. The Bertz CT molecular complexity index is 526. The van der Waals surface area contributed by atoms with Gasteiger partial charge in [0.1, 0.15) is 5.82 Å². The summed E-state index contributed by atoms with van der Waals surface area (Å²) < 4.78 is 3.47. The van der Waals surface area contributed by atoms with Gasteiger partial charge in [0, 0.05) is 25.6 Å². The summed E-state index contributed by atoms with van der Waals surface area (Å²) in [5, 5.41) is 8.00. The van der Waals surface area contributed by atoms with Gasteiger partial charge in [0.25, 0.3) is 0 Å². The van der Waals surface area contributed by atoms with Crippen molar-refractivity contribution in [3.8, 4) is 0 Å². The van der Waals surface area contributed by atoms with Crippen LogP contribution in [0.4, 0.5) is 0 Å². The second-order valence-electron chi connectivity index (χ2n) is 5.72. The number of aromatic nitrogens is 3. The molecule has 0 aliphatic carbocycles.